The van der Waals surface area contributed by atoms with Crippen molar-refractivity contribution in [1.82, 2.24) is 14.8 Å². The van der Waals surface area contributed by atoms with Crippen LogP contribution in [0.1, 0.15) is 12.8 Å². The zero-order valence-corrected chi connectivity index (χ0v) is 18.7. The summed E-state index contributed by atoms with van der Waals surface area (Å²) in [7, 11) is 1.73. The Morgan fingerprint density at radius 2 is 1.62 bits per heavy atom. The summed E-state index contributed by atoms with van der Waals surface area (Å²) in [6, 6.07) is 13.2. The summed E-state index contributed by atoms with van der Waals surface area (Å²) in [5.74, 6) is -1.29. The number of likely N-dealkylation sites (tertiary alicyclic amines) is 1. The Labute approximate surface area is 196 Å². The van der Waals surface area contributed by atoms with Gasteiger partial charge in [0.1, 0.15) is 11.6 Å². The topological polar surface area (TPSA) is 77.6 Å². The summed E-state index contributed by atoms with van der Waals surface area (Å²) in [5.41, 5.74) is 2.28. The Morgan fingerprint density at radius 1 is 0.941 bits per heavy atom. The third-order valence-corrected chi connectivity index (χ3v) is 5.86. The third-order valence-electron chi connectivity index (χ3n) is 5.86. The highest BCUT2D eigenvalue weighted by molar-refractivity contribution is 5.90. The van der Waals surface area contributed by atoms with Crippen LogP contribution in [0.4, 0.5) is 29.7 Å². The van der Waals surface area contributed by atoms with E-state index in [9.17, 15) is 18.4 Å². The van der Waals surface area contributed by atoms with Crippen LogP contribution < -0.4 is 10.6 Å². The number of nitrogens with one attached hydrogen (secondary N) is 2. The molecule has 3 aromatic rings. The van der Waals surface area contributed by atoms with Gasteiger partial charge in [0, 0.05) is 44.1 Å². The molecule has 0 aliphatic carbocycles. The van der Waals surface area contributed by atoms with Crippen LogP contribution in [-0.2, 0) is 0 Å². The van der Waals surface area contributed by atoms with Crippen molar-refractivity contribution >= 4 is 23.4 Å². The third kappa shape index (κ3) is 5.67. The molecule has 2 heterocycles. The normalized spacial score (nSPS) is 13.9. The van der Waals surface area contributed by atoms with E-state index < -0.39 is 11.6 Å². The standard InChI is InChI=1S/C25H25F2N5O2/c1-31(23-8-11-32(12-9-23)25(34)30-22-3-2-10-28-16-22)24(33)29-21-6-4-17(5-7-21)18-13-19(26)15-20(27)14-18/h2-7,10,13-16,23H,8-9,11-12H2,1H3,(H,29,33)(H,30,34). The molecule has 1 aromatic heterocycles. The van der Waals surface area contributed by atoms with E-state index in [4.69, 9.17) is 0 Å². The molecule has 0 radical (unpaired) electrons. The number of amides is 4. The number of benzene rings is 2. The van der Waals surface area contributed by atoms with Crippen LogP contribution in [0.3, 0.4) is 0 Å². The van der Waals surface area contributed by atoms with Crippen molar-refractivity contribution in [3.63, 3.8) is 0 Å². The molecule has 4 amide bonds. The molecule has 0 saturated carbocycles. The Hall–Kier alpha value is -4.01. The highest BCUT2D eigenvalue weighted by atomic mass is 19.1. The van der Waals surface area contributed by atoms with E-state index in [1.165, 1.54) is 12.1 Å². The van der Waals surface area contributed by atoms with Gasteiger partial charge in [0.15, 0.2) is 0 Å². The average Bonchev–Trinajstić information content (AvgIpc) is 2.84. The maximum absolute atomic E-state index is 13.5. The van der Waals surface area contributed by atoms with Gasteiger partial charge in [0.2, 0.25) is 0 Å². The molecule has 0 atom stereocenters. The number of halogens is 2. The first-order valence-corrected chi connectivity index (χ1v) is 11.0. The summed E-state index contributed by atoms with van der Waals surface area (Å²) < 4.78 is 26.9. The van der Waals surface area contributed by atoms with Gasteiger partial charge < -0.3 is 20.4 Å². The average molecular weight is 466 g/mol. The van der Waals surface area contributed by atoms with E-state index in [2.05, 4.69) is 15.6 Å². The number of nitrogens with zero attached hydrogens (tertiary/aromatic N) is 3. The lowest BCUT2D eigenvalue weighted by Crippen LogP contribution is -2.49. The molecule has 176 valence electrons. The Morgan fingerprint density at radius 3 is 2.24 bits per heavy atom. The molecule has 9 heteroatoms. The number of carbonyl (C=O) groups is 2. The molecule has 34 heavy (non-hydrogen) atoms. The highest BCUT2D eigenvalue weighted by Gasteiger charge is 2.27. The van der Waals surface area contributed by atoms with E-state index in [0.29, 0.717) is 48.4 Å². The highest BCUT2D eigenvalue weighted by Crippen LogP contribution is 2.24. The van der Waals surface area contributed by atoms with E-state index in [1.54, 1.807) is 65.6 Å². The Bertz CT molecular complexity index is 1130. The van der Waals surface area contributed by atoms with Gasteiger partial charge in [-0.25, -0.2) is 18.4 Å². The van der Waals surface area contributed by atoms with Gasteiger partial charge in [0.05, 0.1) is 11.9 Å². The van der Waals surface area contributed by atoms with Crippen molar-refractivity contribution in [2.24, 2.45) is 0 Å². The molecule has 2 aromatic carbocycles. The number of hydrogen-bond donors (Lipinski definition) is 2. The van der Waals surface area contributed by atoms with Gasteiger partial charge in [-0.3, -0.25) is 4.98 Å². The summed E-state index contributed by atoms with van der Waals surface area (Å²) >= 11 is 0. The molecule has 0 bridgehead atoms. The molecule has 0 unspecified atom stereocenters. The molecular formula is C25H25F2N5O2. The summed E-state index contributed by atoms with van der Waals surface area (Å²) in [5, 5.41) is 5.67. The van der Waals surface area contributed by atoms with E-state index in [1.807, 2.05) is 0 Å². The Kier molecular flexibility index (Phi) is 7.01. The number of aromatic nitrogens is 1. The second kappa shape index (κ2) is 10.3. The van der Waals surface area contributed by atoms with Crippen LogP contribution in [0.5, 0.6) is 0 Å². The number of piperidine rings is 1. The predicted octanol–water partition coefficient (Wildman–Crippen LogP) is 5.19. The van der Waals surface area contributed by atoms with Crippen LogP contribution in [0.2, 0.25) is 0 Å². The number of rotatable bonds is 4. The van der Waals surface area contributed by atoms with Crippen molar-refractivity contribution in [1.29, 1.82) is 0 Å². The zero-order chi connectivity index (χ0) is 24.1. The first-order chi connectivity index (χ1) is 16.4. The molecule has 7 nitrogen and oxygen atoms in total. The first-order valence-electron chi connectivity index (χ1n) is 11.0. The van der Waals surface area contributed by atoms with Gasteiger partial charge in [-0.1, -0.05) is 12.1 Å². The van der Waals surface area contributed by atoms with E-state index >= 15 is 0 Å². The van der Waals surface area contributed by atoms with Crippen LogP contribution >= 0.6 is 0 Å². The van der Waals surface area contributed by atoms with Crippen LogP contribution in [0.15, 0.2) is 67.0 Å². The first kappa shape index (κ1) is 23.2. The molecular weight excluding hydrogens is 440 g/mol. The minimum absolute atomic E-state index is 0.00279. The quantitative estimate of drug-likeness (QED) is 0.557. The van der Waals surface area contributed by atoms with E-state index in [0.717, 1.165) is 6.07 Å². The smallest absolute Gasteiger partial charge is 0.321 e. The van der Waals surface area contributed by atoms with Gasteiger partial charge in [-0.15, -0.1) is 0 Å². The largest absolute Gasteiger partial charge is 0.324 e. The molecule has 1 aliphatic rings. The maximum Gasteiger partial charge on any atom is 0.321 e. The second-order valence-corrected chi connectivity index (χ2v) is 8.17. The van der Waals surface area contributed by atoms with Crippen LogP contribution in [0, 0.1) is 11.6 Å². The molecule has 0 spiro atoms. The fraction of sp³-hybridized carbons (Fsp3) is 0.240. The number of carbonyl (C=O) groups excluding carboxylic acids is 2. The van der Waals surface area contributed by atoms with Crippen LogP contribution in [-0.4, -0.2) is 53.0 Å². The summed E-state index contributed by atoms with van der Waals surface area (Å²) in [6.07, 6.45) is 4.55. The van der Waals surface area contributed by atoms with Gasteiger partial charge in [-0.2, -0.15) is 0 Å². The fourth-order valence-electron chi connectivity index (χ4n) is 3.94. The monoisotopic (exact) mass is 465 g/mol. The fourth-order valence-corrected chi connectivity index (χ4v) is 3.94. The number of pyridine rings is 1. The molecule has 1 saturated heterocycles. The van der Waals surface area contributed by atoms with Gasteiger partial charge >= 0.3 is 12.1 Å². The number of urea groups is 2. The lowest BCUT2D eigenvalue weighted by molar-refractivity contribution is 0.151. The van der Waals surface area contributed by atoms with Gasteiger partial charge in [-0.05, 0) is 60.4 Å². The van der Waals surface area contributed by atoms with Crippen molar-refractivity contribution in [2.75, 3.05) is 30.8 Å². The van der Waals surface area contributed by atoms with E-state index in [-0.39, 0.29) is 18.1 Å². The SMILES string of the molecule is CN(C(=O)Nc1ccc(-c2cc(F)cc(F)c2)cc1)C1CCN(C(=O)Nc2cccnc2)CC1. The minimum Gasteiger partial charge on any atom is -0.324 e. The number of hydrogen-bond acceptors (Lipinski definition) is 3. The van der Waals surface area contributed by atoms with Crippen molar-refractivity contribution < 1.29 is 18.4 Å². The maximum atomic E-state index is 13.5. The van der Waals surface area contributed by atoms with Gasteiger partial charge in [0.25, 0.3) is 0 Å². The van der Waals surface area contributed by atoms with Crippen molar-refractivity contribution in [2.45, 2.75) is 18.9 Å². The Balaban J connectivity index is 1.29. The zero-order valence-electron chi connectivity index (χ0n) is 18.7. The molecule has 1 fully saturated rings. The molecule has 4 rings (SSSR count). The van der Waals surface area contributed by atoms with Crippen LogP contribution in [0.25, 0.3) is 11.1 Å². The molecule has 2 N–H and O–H groups in total. The lowest BCUT2D eigenvalue weighted by Gasteiger charge is -2.36. The molecule has 1 aliphatic heterocycles. The van der Waals surface area contributed by atoms with Crippen molar-refractivity contribution in [3.05, 3.63) is 78.6 Å². The predicted molar refractivity (Wildman–Crippen MR) is 126 cm³/mol. The summed E-state index contributed by atoms with van der Waals surface area (Å²) in [4.78, 5) is 32.5. The minimum atomic E-state index is -0.644. The lowest BCUT2D eigenvalue weighted by atomic mass is 10.0. The van der Waals surface area contributed by atoms with Crippen molar-refractivity contribution in [3.8, 4) is 11.1 Å². The second-order valence-electron chi connectivity index (χ2n) is 8.17. The summed E-state index contributed by atoms with van der Waals surface area (Å²) in [6.45, 7) is 1.07. The number of anilines is 2.